The molecule has 2 heterocycles. The van der Waals surface area contributed by atoms with Crippen molar-refractivity contribution >= 4 is 46.5 Å². The first-order chi connectivity index (χ1) is 13.9. The molecule has 0 N–H and O–H groups in total. The summed E-state index contributed by atoms with van der Waals surface area (Å²) in [5.41, 5.74) is 0.669. The summed E-state index contributed by atoms with van der Waals surface area (Å²) in [6.45, 7) is 6.37. The highest BCUT2D eigenvalue weighted by Gasteiger charge is 2.37. The van der Waals surface area contributed by atoms with Gasteiger partial charge in [-0.15, -0.1) is 0 Å². The first kappa shape index (κ1) is 21.5. The summed E-state index contributed by atoms with van der Waals surface area (Å²) in [5.74, 6) is -0.133. The van der Waals surface area contributed by atoms with Crippen molar-refractivity contribution in [2.24, 2.45) is 0 Å². The van der Waals surface area contributed by atoms with Crippen molar-refractivity contribution in [1.29, 1.82) is 0 Å². The largest absolute Gasteiger partial charge is 0.488 e. The molecule has 3 rings (SSSR count). The van der Waals surface area contributed by atoms with Crippen LogP contribution in [0.1, 0.15) is 31.7 Å². The quantitative estimate of drug-likeness (QED) is 0.492. The highest BCUT2D eigenvalue weighted by Crippen LogP contribution is 2.34. The molecule has 0 aliphatic carbocycles. The van der Waals surface area contributed by atoms with Crippen LogP contribution in [0.5, 0.6) is 5.75 Å². The second kappa shape index (κ2) is 9.50. The fourth-order valence-electron chi connectivity index (χ4n) is 3.36. The minimum absolute atomic E-state index is 0.135. The predicted molar refractivity (Wildman–Crippen MR) is 115 cm³/mol. The summed E-state index contributed by atoms with van der Waals surface area (Å²) < 4.78 is 5.43. The molecule has 6 nitrogen and oxygen atoms in total. The minimum Gasteiger partial charge on any atom is -0.488 e. The zero-order valence-electron chi connectivity index (χ0n) is 16.2. The number of imide groups is 1. The maximum atomic E-state index is 12.7. The van der Waals surface area contributed by atoms with E-state index in [2.05, 4.69) is 6.58 Å². The van der Waals surface area contributed by atoms with Crippen LogP contribution in [0.25, 0.3) is 6.08 Å². The SMILES string of the molecule is C=CCOc1ccc(/C=C2\SC(=O)N(CC(=O)N3CCCC[C@H]3C)C2=O)cc1Cl. The van der Waals surface area contributed by atoms with E-state index >= 15 is 0 Å². The molecule has 0 spiro atoms. The molecular formula is C21H23ClN2O4S. The second-order valence-corrected chi connectivity index (χ2v) is 8.39. The van der Waals surface area contributed by atoms with Crippen LogP contribution in [-0.2, 0) is 9.59 Å². The van der Waals surface area contributed by atoms with E-state index in [1.54, 1.807) is 35.3 Å². The third-order valence-corrected chi connectivity index (χ3v) is 6.10. The Morgan fingerprint density at radius 2 is 2.17 bits per heavy atom. The second-order valence-electron chi connectivity index (χ2n) is 6.99. The van der Waals surface area contributed by atoms with E-state index in [0.717, 1.165) is 35.9 Å². The monoisotopic (exact) mass is 434 g/mol. The molecule has 8 heteroatoms. The number of rotatable bonds is 6. The summed E-state index contributed by atoms with van der Waals surface area (Å²) in [5, 5.41) is -0.0367. The molecule has 1 aromatic carbocycles. The van der Waals surface area contributed by atoms with Gasteiger partial charge in [0.15, 0.2) is 0 Å². The van der Waals surface area contributed by atoms with Gasteiger partial charge in [0, 0.05) is 12.6 Å². The fraction of sp³-hybridized carbons (Fsp3) is 0.381. The van der Waals surface area contributed by atoms with Crippen LogP contribution in [0.4, 0.5) is 4.79 Å². The molecule has 2 aliphatic rings. The van der Waals surface area contributed by atoms with Crippen LogP contribution < -0.4 is 4.74 Å². The maximum absolute atomic E-state index is 12.7. The molecule has 2 saturated heterocycles. The van der Waals surface area contributed by atoms with Gasteiger partial charge in [-0.25, -0.2) is 0 Å². The van der Waals surface area contributed by atoms with Gasteiger partial charge in [0.1, 0.15) is 18.9 Å². The van der Waals surface area contributed by atoms with Gasteiger partial charge in [-0.1, -0.05) is 30.3 Å². The third kappa shape index (κ3) is 5.03. The number of benzene rings is 1. The number of hydrogen-bond donors (Lipinski definition) is 0. The number of nitrogens with zero attached hydrogens (tertiary/aromatic N) is 2. The van der Waals surface area contributed by atoms with Crippen molar-refractivity contribution < 1.29 is 19.1 Å². The minimum atomic E-state index is -0.457. The number of ether oxygens (including phenoxy) is 1. The number of thioether (sulfide) groups is 1. The first-order valence-electron chi connectivity index (χ1n) is 9.48. The van der Waals surface area contributed by atoms with E-state index in [0.29, 0.717) is 29.5 Å². The molecule has 1 aromatic rings. The van der Waals surface area contributed by atoms with Gasteiger partial charge in [-0.3, -0.25) is 19.3 Å². The Bertz CT molecular complexity index is 870. The van der Waals surface area contributed by atoms with Crippen molar-refractivity contribution in [2.45, 2.75) is 32.2 Å². The van der Waals surface area contributed by atoms with E-state index in [1.807, 2.05) is 6.92 Å². The van der Waals surface area contributed by atoms with Gasteiger partial charge in [-0.05, 0) is 61.7 Å². The molecule has 0 unspecified atom stereocenters. The molecule has 2 aliphatic heterocycles. The predicted octanol–water partition coefficient (Wildman–Crippen LogP) is 4.34. The molecule has 0 aromatic heterocycles. The summed E-state index contributed by atoms with van der Waals surface area (Å²) in [7, 11) is 0. The highest BCUT2D eigenvalue weighted by atomic mass is 35.5. The number of hydrogen-bond acceptors (Lipinski definition) is 5. The average Bonchev–Trinajstić information content (AvgIpc) is 2.95. The van der Waals surface area contributed by atoms with Crippen molar-refractivity contribution in [3.05, 3.63) is 46.3 Å². The molecular weight excluding hydrogens is 412 g/mol. The lowest BCUT2D eigenvalue weighted by atomic mass is 10.0. The molecule has 29 heavy (non-hydrogen) atoms. The van der Waals surface area contributed by atoms with Crippen LogP contribution in [-0.4, -0.2) is 52.6 Å². The standard InChI is InChI=1S/C21H23ClN2O4S/c1-3-10-28-17-8-7-15(11-16(17)22)12-18-20(26)24(21(27)29-18)13-19(25)23-9-5-4-6-14(23)2/h3,7-8,11-12,14H,1,4-6,9-10,13H2,2H3/b18-12-/t14-/m1/s1. The van der Waals surface area contributed by atoms with Crippen molar-refractivity contribution in [3.8, 4) is 5.75 Å². The van der Waals surface area contributed by atoms with Crippen molar-refractivity contribution in [2.75, 3.05) is 19.7 Å². The summed E-state index contributed by atoms with van der Waals surface area (Å²) in [6.07, 6.45) is 6.20. The lowest BCUT2D eigenvalue weighted by Gasteiger charge is -2.34. The zero-order chi connectivity index (χ0) is 21.0. The van der Waals surface area contributed by atoms with Crippen LogP contribution in [0.15, 0.2) is 35.8 Å². The number of carbonyl (C=O) groups is 3. The first-order valence-corrected chi connectivity index (χ1v) is 10.7. The summed E-state index contributed by atoms with van der Waals surface area (Å²) in [4.78, 5) is 40.7. The number of amides is 3. The van der Waals surface area contributed by atoms with E-state index in [4.69, 9.17) is 16.3 Å². The van der Waals surface area contributed by atoms with E-state index in [9.17, 15) is 14.4 Å². The Labute approximate surface area is 179 Å². The fourth-order valence-corrected chi connectivity index (χ4v) is 4.44. The Morgan fingerprint density at radius 3 is 2.86 bits per heavy atom. The zero-order valence-corrected chi connectivity index (χ0v) is 17.8. The van der Waals surface area contributed by atoms with Crippen LogP contribution in [0.2, 0.25) is 5.02 Å². The van der Waals surface area contributed by atoms with Crippen LogP contribution >= 0.6 is 23.4 Å². The van der Waals surface area contributed by atoms with Gasteiger partial charge in [0.25, 0.3) is 11.1 Å². The van der Waals surface area contributed by atoms with Crippen molar-refractivity contribution in [1.82, 2.24) is 9.80 Å². The molecule has 3 amide bonds. The molecule has 0 radical (unpaired) electrons. The van der Waals surface area contributed by atoms with E-state index < -0.39 is 11.1 Å². The molecule has 0 bridgehead atoms. The lowest BCUT2D eigenvalue weighted by Crippen LogP contribution is -2.47. The summed E-state index contributed by atoms with van der Waals surface area (Å²) in [6, 6.07) is 5.24. The molecule has 0 saturated carbocycles. The smallest absolute Gasteiger partial charge is 0.294 e. The van der Waals surface area contributed by atoms with Gasteiger partial charge in [0.05, 0.1) is 9.93 Å². The maximum Gasteiger partial charge on any atom is 0.294 e. The average molecular weight is 435 g/mol. The number of halogens is 1. The van der Waals surface area contributed by atoms with E-state index in [-0.39, 0.29) is 23.4 Å². The Hall–Kier alpha value is -2.25. The molecule has 1 atom stereocenters. The Kier molecular flexibility index (Phi) is 7.03. The van der Waals surface area contributed by atoms with Gasteiger partial charge in [-0.2, -0.15) is 0 Å². The third-order valence-electron chi connectivity index (χ3n) is 4.90. The van der Waals surface area contributed by atoms with Gasteiger partial charge >= 0.3 is 0 Å². The van der Waals surface area contributed by atoms with Crippen LogP contribution in [0, 0.1) is 0 Å². The highest BCUT2D eigenvalue weighted by molar-refractivity contribution is 8.18. The number of likely N-dealkylation sites (tertiary alicyclic amines) is 1. The number of carbonyl (C=O) groups excluding carboxylic acids is 3. The van der Waals surface area contributed by atoms with Gasteiger partial charge < -0.3 is 9.64 Å². The Morgan fingerprint density at radius 1 is 1.38 bits per heavy atom. The topological polar surface area (TPSA) is 66.9 Å². The normalized spacial score (nSPS) is 21.0. The van der Waals surface area contributed by atoms with Crippen molar-refractivity contribution in [3.63, 3.8) is 0 Å². The van der Waals surface area contributed by atoms with E-state index in [1.165, 1.54) is 0 Å². The molecule has 2 fully saturated rings. The van der Waals surface area contributed by atoms with Gasteiger partial charge in [0.2, 0.25) is 5.91 Å². The molecule has 154 valence electrons. The Balaban J connectivity index is 1.70. The van der Waals surface area contributed by atoms with Crippen LogP contribution in [0.3, 0.4) is 0 Å². The number of piperidine rings is 1. The lowest BCUT2D eigenvalue weighted by molar-refractivity contribution is -0.138. The summed E-state index contributed by atoms with van der Waals surface area (Å²) >= 11 is 7.04.